The second kappa shape index (κ2) is 3.57. The van der Waals surface area contributed by atoms with Crippen LogP contribution in [0.2, 0.25) is 0 Å². The van der Waals surface area contributed by atoms with E-state index in [-0.39, 0.29) is 5.38 Å². The Hall–Kier alpha value is -0.0400. The molecule has 0 aromatic heterocycles. The van der Waals surface area contributed by atoms with Crippen molar-refractivity contribution in [1.29, 1.82) is 5.41 Å². The number of halogens is 1. The summed E-state index contributed by atoms with van der Waals surface area (Å²) in [6.45, 7) is 4.12. The summed E-state index contributed by atoms with van der Waals surface area (Å²) in [6.07, 6.45) is 3.44. The van der Waals surface area contributed by atoms with Crippen LogP contribution >= 0.6 is 11.6 Å². The van der Waals surface area contributed by atoms with Crippen LogP contribution in [0.25, 0.3) is 0 Å². The van der Waals surface area contributed by atoms with E-state index in [1.165, 1.54) is 6.42 Å². The smallest absolute Gasteiger partial charge is 0.0416 e. The van der Waals surface area contributed by atoms with Gasteiger partial charge in [0.2, 0.25) is 0 Å². The lowest BCUT2D eigenvalue weighted by atomic mass is 9.80. The first-order chi connectivity index (χ1) is 5.11. The average Bonchev–Trinajstić information content (AvgIpc) is 1.94. The van der Waals surface area contributed by atoms with Gasteiger partial charge in [0.25, 0.3) is 0 Å². The minimum atomic E-state index is 0.226. The fourth-order valence-electron chi connectivity index (χ4n) is 1.79. The van der Waals surface area contributed by atoms with Gasteiger partial charge < -0.3 is 5.41 Å². The van der Waals surface area contributed by atoms with Crippen LogP contribution < -0.4 is 0 Å². The summed E-state index contributed by atoms with van der Waals surface area (Å²) in [5, 5.41) is 7.75. The van der Waals surface area contributed by atoms with Crippen molar-refractivity contribution < 1.29 is 0 Å². The molecule has 1 nitrogen and oxygen atoms in total. The Morgan fingerprint density at radius 3 is 2.55 bits per heavy atom. The van der Waals surface area contributed by atoms with Gasteiger partial charge in [-0.25, -0.2) is 0 Å². The van der Waals surface area contributed by atoms with Crippen molar-refractivity contribution in [3.8, 4) is 0 Å². The molecule has 1 N–H and O–H groups in total. The number of nitrogens with one attached hydrogen (secondary N) is 1. The minimum absolute atomic E-state index is 0.226. The summed E-state index contributed by atoms with van der Waals surface area (Å²) in [5.41, 5.74) is 0.761. The molecule has 0 aliphatic heterocycles. The molecule has 2 heteroatoms. The maximum absolute atomic E-state index is 7.52. The Morgan fingerprint density at radius 1 is 1.45 bits per heavy atom. The van der Waals surface area contributed by atoms with Crippen LogP contribution in [0.15, 0.2) is 0 Å². The van der Waals surface area contributed by atoms with E-state index in [1.807, 2.05) is 6.92 Å². The van der Waals surface area contributed by atoms with Crippen molar-refractivity contribution in [3.63, 3.8) is 0 Å². The van der Waals surface area contributed by atoms with Gasteiger partial charge in [-0.15, -0.1) is 11.6 Å². The molecule has 0 bridgehead atoms. The molecular weight excluding hydrogens is 158 g/mol. The zero-order chi connectivity index (χ0) is 8.43. The molecule has 1 saturated carbocycles. The van der Waals surface area contributed by atoms with Gasteiger partial charge in [0.05, 0.1) is 0 Å². The van der Waals surface area contributed by atoms with Gasteiger partial charge in [-0.2, -0.15) is 0 Å². The summed E-state index contributed by atoms with van der Waals surface area (Å²) < 4.78 is 0. The lowest BCUT2D eigenvalue weighted by molar-refractivity contribution is 0.343. The normalized spacial score (nSPS) is 38.6. The monoisotopic (exact) mass is 173 g/mol. The maximum Gasteiger partial charge on any atom is 0.0416 e. The first kappa shape index (κ1) is 9.05. The van der Waals surface area contributed by atoms with Crippen molar-refractivity contribution in [1.82, 2.24) is 0 Å². The van der Waals surface area contributed by atoms with E-state index in [4.69, 9.17) is 17.0 Å². The van der Waals surface area contributed by atoms with Crippen LogP contribution in [0, 0.1) is 17.2 Å². The Balaban J connectivity index is 2.54. The highest BCUT2D eigenvalue weighted by Crippen LogP contribution is 2.32. The van der Waals surface area contributed by atoms with Gasteiger partial charge >= 0.3 is 0 Å². The van der Waals surface area contributed by atoms with E-state index < -0.39 is 0 Å². The van der Waals surface area contributed by atoms with Crippen molar-refractivity contribution in [2.75, 3.05) is 0 Å². The molecule has 1 aliphatic carbocycles. The lowest BCUT2D eigenvalue weighted by Crippen LogP contribution is -2.29. The number of hydrogen-bond acceptors (Lipinski definition) is 1. The standard InChI is InChI=1S/C9H16ClN/c1-6-3-4-9(10)8(5-6)7(2)11/h6,8-9,11H,3-5H2,1-2H3/t6?,8?,9-/m1/s1. The zero-order valence-electron chi connectivity index (χ0n) is 7.23. The third kappa shape index (κ3) is 2.19. The predicted octanol–water partition coefficient (Wildman–Crippen LogP) is 3.07. The van der Waals surface area contributed by atoms with Crippen LogP contribution in [0.1, 0.15) is 33.1 Å². The molecule has 1 aliphatic rings. The minimum Gasteiger partial charge on any atom is -0.310 e. The third-order valence-corrected chi connectivity index (χ3v) is 3.11. The first-order valence-electron chi connectivity index (χ1n) is 4.30. The van der Waals surface area contributed by atoms with Gasteiger partial charge in [0.15, 0.2) is 0 Å². The molecule has 0 amide bonds. The number of rotatable bonds is 1. The molecule has 0 aromatic rings. The van der Waals surface area contributed by atoms with Crippen molar-refractivity contribution >= 4 is 17.3 Å². The van der Waals surface area contributed by atoms with Gasteiger partial charge in [-0.05, 0) is 32.1 Å². The first-order valence-corrected chi connectivity index (χ1v) is 4.74. The Morgan fingerprint density at radius 2 is 2.09 bits per heavy atom. The predicted molar refractivity (Wildman–Crippen MR) is 49.5 cm³/mol. The average molecular weight is 174 g/mol. The second-order valence-electron chi connectivity index (χ2n) is 3.72. The summed E-state index contributed by atoms with van der Waals surface area (Å²) in [4.78, 5) is 0. The highest BCUT2D eigenvalue weighted by atomic mass is 35.5. The van der Waals surface area contributed by atoms with Crippen LogP contribution in [0.5, 0.6) is 0 Å². The van der Waals surface area contributed by atoms with Crippen molar-refractivity contribution in [2.24, 2.45) is 11.8 Å². The SMILES string of the molecule is CC(=N)C1CC(C)CC[C@H]1Cl. The molecule has 64 valence electrons. The van der Waals surface area contributed by atoms with E-state index in [0.717, 1.165) is 24.5 Å². The molecule has 0 radical (unpaired) electrons. The van der Waals surface area contributed by atoms with E-state index >= 15 is 0 Å². The molecule has 1 fully saturated rings. The summed E-state index contributed by atoms with van der Waals surface area (Å²) in [6, 6.07) is 0. The van der Waals surface area contributed by atoms with E-state index in [1.54, 1.807) is 0 Å². The quantitative estimate of drug-likeness (QED) is 0.466. The molecular formula is C9H16ClN. The van der Waals surface area contributed by atoms with E-state index in [9.17, 15) is 0 Å². The fourth-order valence-corrected chi connectivity index (χ4v) is 2.21. The van der Waals surface area contributed by atoms with Gasteiger partial charge in [0, 0.05) is 17.0 Å². The van der Waals surface area contributed by atoms with Crippen molar-refractivity contribution in [2.45, 2.75) is 38.5 Å². The number of alkyl halides is 1. The molecule has 11 heavy (non-hydrogen) atoms. The molecule has 1 rings (SSSR count). The Labute approximate surface area is 73.6 Å². The highest BCUT2D eigenvalue weighted by Gasteiger charge is 2.28. The fraction of sp³-hybridized carbons (Fsp3) is 0.889. The van der Waals surface area contributed by atoms with Crippen LogP contribution in [0.4, 0.5) is 0 Å². The Kier molecular flexibility index (Phi) is 2.94. The van der Waals surface area contributed by atoms with Gasteiger partial charge in [-0.1, -0.05) is 6.92 Å². The zero-order valence-corrected chi connectivity index (χ0v) is 7.99. The van der Waals surface area contributed by atoms with Gasteiger partial charge in [-0.3, -0.25) is 0 Å². The number of hydrogen-bond donors (Lipinski definition) is 1. The lowest BCUT2D eigenvalue weighted by Gasteiger charge is -2.30. The van der Waals surface area contributed by atoms with Crippen molar-refractivity contribution in [3.05, 3.63) is 0 Å². The van der Waals surface area contributed by atoms with E-state index in [2.05, 4.69) is 6.92 Å². The molecule has 2 unspecified atom stereocenters. The van der Waals surface area contributed by atoms with Crippen LogP contribution in [-0.2, 0) is 0 Å². The van der Waals surface area contributed by atoms with E-state index in [0.29, 0.717) is 5.92 Å². The second-order valence-corrected chi connectivity index (χ2v) is 4.28. The largest absolute Gasteiger partial charge is 0.310 e. The van der Waals surface area contributed by atoms with Crippen LogP contribution in [0.3, 0.4) is 0 Å². The molecule has 0 heterocycles. The maximum atomic E-state index is 7.52. The van der Waals surface area contributed by atoms with Gasteiger partial charge in [0.1, 0.15) is 0 Å². The third-order valence-electron chi connectivity index (χ3n) is 2.58. The van der Waals surface area contributed by atoms with Crippen LogP contribution in [-0.4, -0.2) is 11.1 Å². The summed E-state index contributed by atoms with van der Waals surface area (Å²) >= 11 is 6.10. The molecule has 0 spiro atoms. The summed E-state index contributed by atoms with van der Waals surface area (Å²) in [7, 11) is 0. The Bertz CT molecular complexity index is 156. The highest BCUT2D eigenvalue weighted by molar-refractivity contribution is 6.22. The summed E-state index contributed by atoms with van der Waals surface area (Å²) in [5.74, 6) is 1.11. The molecule has 3 atom stereocenters. The topological polar surface area (TPSA) is 23.9 Å². The molecule has 0 aromatic carbocycles. The molecule has 0 saturated heterocycles.